The number of halogens is 1. The minimum atomic E-state index is -3.61. The second-order valence-electron chi connectivity index (χ2n) is 6.46. The van der Waals surface area contributed by atoms with E-state index in [1.54, 1.807) is 0 Å². The summed E-state index contributed by atoms with van der Waals surface area (Å²) in [5.74, 6) is -0.982. The molecule has 27 heavy (non-hydrogen) atoms. The van der Waals surface area contributed by atoms with Crippen LogP contribution in [0.1, 0.15) is 10.4 Å². The number of amides is 1. The van der Waals surface area contributed by atoms with E-state index in [-0.39, 0.29) is 0 Å². The summed E-state index contributed by atoms with van der Waals surface area (Å²) >= 11 is 4.88. The van der Waals surface area contributed by atoms with Crippen molar-refractivity contribution in [1.29, 1.82) is 0 Å². The third kappa shape index (κ3) is 5.54. The summed E-state index contributed by atoms with van der Waals surface area (Å²) in [6.07, 6.45) is 0. The first-order valence-electron chi connectivity index (χ1n) is 8.64. The molecule has 0 aliphatic carbocycles. The summed E-state index contributed by atoms with van der Waals surface area (Å²) in [5.41, 5.74) is 2.28. The normalized spacial score (nSPS) is 15.7. The summed E-state index contributed by atoms with van der Waals surface area (Å²) in [4.78, 5) is 15.2. The number of piperazine rings is 1. The van der Waals surface area contributed by atoms with Crippen molar-refractivity contribution in [1.82, 2.24) is 9.62 Å². The number of carbonyl (C=O) groups is 1. The largest absolute Gasteiger partial charge is 0.369 e. The Morgan fingerprint density at radius 3 is 2.56 bits per heavy atom. The van der Waals surface area contributed by atoms with Crippen molar-refractivity contribution in [3.63, 3.8) is 0 Å². The van der Waals surface area contributed by atoms with Crippen LogP contribution in [-0.2, 0) is 21.4 Å². The molecule has 1 aliphatic rings. The van der Waals surface area contributed by atoms with E-state index in [1.807, 2.05) is 37.3 Å². The number of rotatable bonds is 6. The summed E-state index contributed by atoms with van der Waals surface area (Å²) in [6, 6.07) is 12.0. The standard InChI is InChI=1S/C18H22BrN3O3S2/c1-14-3-2-4-15(11-14)21-7-9-22(10-8-21)27(24,25)13-18(23)20-12-16-5-6-17(19)26-16/h2-6,11H,7-10,12-13H2,1H3,(H,20,23). The van der Waals surface area contributed by atoms with E-state index in [0.29, 0.717) is 32.7 Å². The van der Waals surface area contributed by atoms with Crippen molar-refractivity contribution < 1.29 is 13.2 Å². The monoisotopic (exact) mass is 471 g/mol. The summed E-state index contributed by atoms with van der Waals surface area (Å²) in [7, 11) is -3.61. The molecule has 0 bridgehead atoms. The van der Waals surface area contributed by atoms with Crippen LogP contribution in [0.15, 0.2) is 40.2 Å². The lowest BCUT2D eigenvalue weighted by Gasteiger charge is -2.35. The summed E-state index contributed by atoms with van der Waals surface area (Å²) in [5, 5.41) is 2.68. The lowest BCUT2D eigenvalue weighted by Crippen LogP contribution is -2.50. The van der Waals surface area contributed by atoms with Gasteiger partial charge in [-0.3, -0.25) is 4.79 Å². The molecular formula is C18H22BrN3O3S2. The van der Waals surface area contributed by atoms with E-state index in [4.69, 9.17) is 0 Å². The number of sulfonamides is 1. The highest BCUT2D eigenvalue weighted by Gasteiger charge is 2.29. The zero-order valence-electron chi connectivity index (χ0n) is 15.0. The van der Waals surface area contributed by atoms with Gasteiger partial charge < -0.3 is 10.2 Å². The van der Waals surface area contributed by atoms with Crippen LogP contribution in [0.5, 0.6) is 0 Å². The first-order chi connectivity index (χ1) is 12.8. The number of aryl methyl sites for hydroxylation is 1. The number of nitrogens with one attached hydrogen (secondary N) is 1. The van der Waals surface area contributed by atoms with Crippen molar-refractivity contribution in [2.24, 2.45) is 0 Å². The molecule has 0 radical (unpaired) electrons. The molecule has 1 aromatic heterocycles. The van der Waals surface area contributed by atoms with Gasteiger partial charge in [-0.05, 0) is 52.7 Å². The molecule has 0 saturated carbocycles. The zero-order chi connectivity index (χ0) is 19.4. The van der Waals surface area contributed by atoms with Gasteiger partial charge in [0.05, 0.1) is 10.3 Å². The Balaban J connectivity index is 1.51. The molecule has 3 rings (SSSR count). The number of thiophene rings is 1. The Hall–Kier alpha value is -1.42. The van der Waals surface area contributed by atoms with Crippen LogP contribution in [-0.4, -0.2) is 50.6 Å². The van der Waals surface area contributed by atoms with Gasteiger partial charge in [0.15, 0.2) is 0 Å². The Kier molecular flexibility index (Phi) is 6.56. The van der Waals surface area contributed by atoms with E-state index < -0.39 is 21.7 Å². The van der Waals surface area contributed by atoms with Gasteiger partial charge in [0, 0.05) is 36.7 Å². The first-order valence-corrected chi connectivity index (χ1v) is 11.9. The highest BCUT2D eigenvalue weighted by Crippen LogP contribution is 2.22. The molecule has 2 aromatic rings. The lowest BCUT2D eigenvalue weighted by atomic mass is 10.2. The van der Waals surface area contributed by atoms with Crippen LogP contribution < -0.4 is 10.2 Å². The Morgan fingerprint density at radius 2 is 1.93 bits per heavy atom. The molecule has 1 fully saturated rings. The zero-order valence-corrected chi connectivity index (χ0v) is 18.2. The van der Waals surface area contributed by atoms with Gasteiger partial charge in [0.25, 0.3) is 0 Å². The minimum absolute atomic E-state index is 0.339. The van der Waals surface area contributed by atoms with Crippen molar-refractivity contribution in [3.05, 3.63) is 50.6 Å². The van der Waals surface area contributed by atoms with E-state index in [1.165, 1.54) is 21.2 Å². The molecule has 2 heterocycles. The molecule has 1 amide bonds. The quantitative estimate of drug-likeness (QED) is 0.702. The molecular weight excluding hydrogens is 450 g/mol. The average Bonchev–Trinajstić information content (AvgIpc) is 3.05. The predicted molar refractivity (Wildman–Crippen MR) is 113 cm³/mol. The highest BCUT2D eigenvalue weighted by atomic mass is 79.9. The topological polar surface area (TPSA) is 69.7 Å². The van der Waals surface area contributed by atoms with Crippen molar-refractivity contribution in [2.45, 2.75) is 13.5 Å². The van der Waals surface area contributed by atoms with Crippen LogP contribution in [0.2, 0.25) is 0 Å². The van der Waals surface area contributed by atoms with Crippen molar-refractivity contribution >= 4 is 48.9 Å². The van der Waals surface area contributed by atoms with Crippen LogP contribution in [0.3, 0.4) is 0 Å². The maximum atomic E-state index is 12.6. The van der Waals surface area contributed by atoms with Crippen LogP contribution in [0, 0.1) is 6.92 Å². The average molecular weight is 472 g/mol. The molecule has 0 spiro atoms. The molecule has 6 nitrogen and oxygen atoms in total. The smallest absolute Gasteiger partial charge is 0.236 e. The van der Waals surface area contributed by atoms with Crippen LogP contribution >= 0.6 is 27.3 Å². The number of nitrogens with zero attached hydrogens (tertiary/aromatic N) is 2. The van der Waals surface area contributed by atoms with Gasteiger partial charge in [0.2, 0.25) is 15.9 Å². The fourth-order valence-corrected chi connectivity index (χ4v) is 5.75. The maximum Gasteiger partial charge on any atom is 0.236 e. The number of anilines is 1. The molecule has 146 valence electrons. The molecule has 1 aromatic carbocycles. The number of hydrogen-bond donors (Lipinski definition) is 1. The van der Waals surface area contributed by atoms with Gasteiger partial charge in [-0.2, -0.15) is 4.31 Å². The second kappa shape index (κ2) is 8.72. The third-order valence-corrected chi connectivity index (χ3v) is 7.80. The van der Waals surface area contributed by atoms with Crippen molar-refractivity contribution in [2.75, 3.05) is 36.8 Å². The highest BCUT2D eigenvalue weighted by molar-refractivity contribution is 9.11. The van der Waals surface area contributed by atoms with Gasteiger partial charge in [-0.1, -0.05) is 12.1 Å². The summed E-state index contributed by atoms with van der Waals surface area (Å²) in [6.45, 7) is 4.40. The predicted octanol–water partition coefficient (Wildman–Crippen LogP) is 2.59. The SMILES string of the molecule is Cc1cccc(N2CCN(S(=O)(=O)CC(=O)NCc3ccc(Br)s3)CC2)c1. The summed E-state index contributed by atoms with van der Waals surface area (Å²) < 4.78 is 27.5. The molecule has 1 N–H and O–H groups in total. The van der Waals surface area contributed by atoms with E-state index >= 15 is 0 Å². The third-order valence-electron chi connectivity index (χ3n) is 4.40. The Morgan fingerprint density at radius 1 is 1.19 bits per heavy atom. The lowest BCUT2D eigenvalue weighted by molar-refractivity contribution is -0.118. The Labute approximate surface area is 172 Å². The minimum Gasteiger partial charge on any atom is -0.369 e. The molecule has 1 aliphatic heterocycles. The fourth-order valence-electron chi connectivity index (χ4n) is 2.99. The van der Waals surface area contributed by atoms with Gasteiger partial charge in [0.1, 0.15) is 5.75 Å². The fraction of sp³-hybridized carbons (Fsp3) is 0.389. The van der Waals surface area contributed by atoms with Crippen LogP contribution in [0.4, 0.5) is 5.69 Å². The molecule has 0 atom stereocenters. The molecule has 9 heteroatoms. The molecule has 1 saturated heterocycles. The van der Waals surface area contributed by atoms with Gasteiger partial charge >= 0.3 is 0 Å². The van der Waals surface area contributed by atoms with Gasteiger partial charge in [-0.15, -0.1) is 11.3 Å². The van der Waals surface area contributed by atoms with Crippen molar-refractivity contribution in [3.8, 4) is 0 Å². The van der Waals surface area contributed by atoms with E-state index in [0.717, 1.165) is 14.4 Å². The maximum absolute atomic E-state index is 12.6. The van der Waals surface area contributed by atoms with E-state index in [2.05, 4.69) is 32.2 Å². The number of hydrogen-bond acceptors (Lipinski definition) is 5. The van der Waals surface area contributed by atoms with Gasteiger partial charge in [-0.25, -0.2) is 8.42 Å². The number of carbonyl (C=O) groups excluding carboxylic acids is 1. The number of benzene rings is 1. The first kappa shape index (κ1) is 20.3. The molecule has 0 unspecified atom stereocenters. The van der Waals surface area contributed by atoms with E-state index in [9.17, 15) is 13.2 Å². The van der Waals surface area contributed by atoms with Crippen LogP contribution in [0.25, 0.3) is 0 Å². The Bertz CT molecular complexity index is 906. The second-order valence-corrected chi connectivity index (χ2v) is 11.0.